The van der Waals surface area contributed by atoms with Crippen molar-refractivity contribution in [2.75, 3.05) is 7.05 Å². The van der Waals surface area contributed by atoms with Gasteiger partial charge >= 0.3 is 0 Å². The number of nitrogens with one attached hydrogen (secondary N) is 1. The highest BCUT2D eigenvalue weighted by molar-refractivity contribution is 6.31. The van der Waals surface area contributed by atoms with Crippen LogP contribution in [0.25, 0.3) is 0 Å². The van der Waals surface area contributed by atoms with Crippen molar-refractivity contribution in [2.45, 2.75) is 25.8 Å². The molecule has 1 heterocycles. The van der Waals surface area contributed by atoms with Crippen LogP contribution in [0.5, 0.6) is 0 Å². The van der Waals surface area contributed by atoms with Crippen LogP contribution in [0.1, 0.15) is 16.7 Å². The Kier molecular flexibility index (Phi) is 4.94. The molecular weight excluding hydrogens is 256 g/mol. The zero-order valence-electron chi connectivity index (χ0n) is 11.4. The number of nitrogens with zero attached hydrogens (tertiary/aromatic N) is 1. The van der Waals surface area contributed by atoms with E-state index < -0.39 is 0 Å². The van der Waals surface area contributed by atoms with Crippen LogP contribution < -0.4 is 5.32 Å². The van der Waals surface area contributed by atoms with Crippen LogP contribution in [0.3, 0.4) is 0 Å². The Hall–Kier alpha value is -1.38. The number of pyridine rings is 1. The lowest BCUT2D eigenvalue weighted by Crippen LogP contribution is -2.30. The third-order valence-electron chi connectivity index (χ3n) is 3.46. The van der Waals surface area contributed by atoms with Gasteiger partial charge in [-0.15, -0.1) is 0 Å². The minimum Gasteiger partial charge on any atom is -0.316 e. The molecule has 1 N–H and O–H groups in total. The largest absolute Gasteiger partial charge is 0.316 e. The summed E-state index contributed by atoms with van der Waals surface area (Å²) in [5, 5.41) is 4.12. The van der Waals surface area contributed by atoms with Crippen molar-refractivity contribution in [1.82, 2.24) is 10.3 Å². The number of halogens is 1. The summed E-state index contributed by atoms with van der Waals surface area (Å²) in [6.45, 7) is 2.15. The standard InChI is InChI=1S/C16H19ClN2/c1-12-5-3-4-6-13(12)9-15(18-2)10-14-7-8-19-11-16(14)17/h3-8,11,15,18H,9-10H2,1-2H3. The molecule has 2 rings (SSSR count). The summed E-state index contributed by atoms with van der Waals surface area (Å²) in [5.41, 5.74) is 3.86. The molecule has 0 saturated heterocycles. The molecule has 1 unspecified atom stereocenters. The van der Waals surface area contributed by atoms with E-state index in [0.29, 0.717) is 6.04 Å². The van der Waals surface area contributed by atoms with E-state index in [1.807, 2.05) is 13.1 Å². The molecule has 2 nitrogen and oxygen atoms in total. The van der Waals surface area contributed by atoms with Crippen LogP contribution in [0, 0.1) is 6.92 Å². The molecule has 3 heteroatoms. The highest BCUT2D eigenvalue weighted by Crippen LogP contribution is 2.18. The SMILES string of the molecule is CNC(Cc1ccccc1C)Cc1ccncc1Cl. The number of rotatable bonds is 5. The summed E-state index contributed by atoms with van der Waals surface area (Å²) in [6.07, 6.45) is 5.41. The topological polar surface area (TPSA) is 24.9 Å². The number of hydrogen-bond donors (Lipinski definition) is 1. The van der Waals surface area contributed by atoms with Gasteiger partial charge in [0.1, 0.15) is 0 Å². The third kappa shape index (κ3) is 3.79. The predicted octanol–water partition coefficient (Wildman–Crippen LogP) is 3.42. The Morgan fingerprint density at radius 3 is 2.58 bits per heavy atom. The highest BCUT2D eigenvalue weighted by atomic mass is 35.5. The van der Waals surface area contributed by atoms with Crippen LogP contribution >= 0.6 is 11.6 Å². The van der Waals surface area contributed by atoms with Gasteiger partial charge in [-0.1, -0.05) is 35.9 Å². The second kappa shape index (κ2) is 6.69. The molecule has 1 aromatic carbocycles. The molecule has 100 valence electrons. The number of aromatic nitrogens is 1. The first kappa shape index (κ1) is 14.0. The van der Waals surface area contributed by atoms with Gasteiger partial charge in [-0.2, -0.15) is 0 Å². The Morgan fingerprint density at radius 2 is 1.89 bits per heavy atom. The Labute approximate surface area is 119 Å². The molecule has 0 radical (unpaired) electrons. The van der Waals surface area contributed by atoms with Gasteiger partial charge in [0.05, 0.1) is 5.02 Å². The lowest BCUT2D eigenvalue weighted by molar-refractivity contribution is 0.555. The van der Waals surface area contributed by atoms with Crippen LogP contribution in [-0.2, 0) is 12.8 Å². The molecule has 0 fully saturated rings. The van der Waals surface area contributed by atoms with Gasteiger partial charge in [0.15, 0.2) is 0 Å². The van der Waals surface area contributed by atoms with Gasteiger partial charge in [0, 0.05) is 18.4 Å². The van der Waals surface area contributed by atoms with Crippen LogP contribution in [0.2, 0.25) is 5.02 Å². The zero-order chi connectivity index (χ0) is 13.7. The monoisotopic (exact) mass is 274 g/mol. The molecule has 0 saturated carbocycles. The summed E-state index contributed by atoms with van der Waals surface area (Å²) >= 11 is 6.17. The van der Waals surface area contributed by atoms with E-state index in [1.54, 1.807) is 12.4 Å². The maximum Gasteiger partial charge on any atom is 0.0621 e. The van der Waals surface area contributed by atoms with Crippen molar-refractivity contribution in [1.29, 1.82) is 0 Å². The van der Waals surface area contributed by atoms with Crippen LogP contribution in [0.15, 0.2) is 42.7 Å². The molecule has 2 aromatic rings. The molecule has 0 spiro atoms. The summed E-state index contributed by atoms with van der Waals surface area (Å²) < 4.78 is 0. The second-order valence-corrected chi connectivity index (χ2v) is 5.19. The average Bonchev–Trinajstić information content (AvgIpc) is 2.42. The zero-order valence-corrected chi connectivity index (χ0v) is 12.1. The molecule has 0 aliphatic rings. The number of likely N-dealkylation sites (N-methyl/N-ethyl adjacent to an activating group) is 1. The lowest BCUT2D eigenvalue weighted by atomic mass is 9.97. The van der Waals surface area contributed by atoms with E-state index in [1.165, 1.54) is 11.1 Å². The van der Waals surface area contributed by atoms with E-state index in [0.717, 1.165) is 23.4 Å². The van der Waals surface area contributed by atoms with E-state index in [-0.39, 0.29) is 0 Å². The summed E-state index contributed by atoms with van der Waals surface area (Å²) in [7, 11) is 2.00. The lowest BCUT2D eigenvalue weighted by Gasteiger charge is -2.18. The number of hydrogen-bond acceptors (Lipinski definition) is 2. The molecule has 1 atom stereocenters. The van der Waals surface area contributed by atoms with Gasteiger partial charge < -0.3 is 5.32 Å². The average molecular weight is 275 g/mol. The molecular formula is C16H19ClN2. The van der Waals surface area contributed by atoms with E-state index in [9.17, 15) is 0 Å². The summed E-state index contributed by atoms with van der Waals surface area (Å²) in [6, 6.07) is 10.9. The van der Waals surface area contributed by atoms with Crippen molar-refractivity contribution in [2.24, 2.45) is 0 Å². The Morgan fingerprint density at radius 1 is 1.16 bits per heavy atom. The normalized spacial score (nSPS) is 12.4. The van der Waals surface area contributed by atoms with Crippen LogP contribution in [-0.4, -0.2) is 18.1 Å². The van der Waals surface area contributed by atoms with Crippen molar-refractivity contribution < 1.29 is 0 Å². The smallest absolute Gasteiger partial charge is 0.0621 e. The molecule has 0 bridgehead atoms. The van der Waals surface area contributed by atoms with Gasteiger partial charge in [-0.25, -0.2) is 0 Å². The number of aryl methyl sites for hydroxylation is 1. The molecule has 0 amide bonds. The maximum absolute atomic E-state index is 6.17. The summed E-state index contributed by atoms with van der Waals surface area (Å²) in [5.74, 6) is 0. The van der Waals surface area contributed by atoms with Gasteiger partial charge in [0.25, 0.3) is 0 Å². The van der Waals surface area contributed by atoms with Gasteiger partial charge in [0.2, 0.25) is 0 Å². The van der Waals surface area contributed by atoms with E-state index >= 15 is 0 Å². The first-order valence-corrected chi connectivity index (χ1v) is 6.88. The fourth-order valence-electron chi connectivity index (χ4n) is 2.22. The van der Waals surface area contributed by atoms with Crippen LogP contribution in [0.4, 0.5) is 0 Å². The first-order valence-electron chi connectivity index (χ1n) is 6.51. The maximum atomic E-state index is 6.17. The van der Waals surface area contributed by atoms with Crippen molar-refractivity contribution in [3.8, 4) is 0 Å². The predicted molar refractivity (Wildman–Crippen MR) is 80.7 cm³/mol. The number of benzene rings is 1. The van der Waals surface area contributed by atoms with E-state index in [2.05, 4.69) is 41.5 Å². The van der Waals surface area contributed by atoms with Gasteiger partial charge in [-0.3, -0.25) is 4.98 Å². The molecule has 1 aromatic heterocycles. The van der Waals surface area contributed by atoms with Crippen molar-refractivity contribution in [3.63, 3.8) is 0 Å². The fourth-order valence-corrected chi connectivity index (χ4v) is 2.41. The minimum absolute atomic E-state index is 0.376. The van der Waals surface area contributed by atoms with E-state index in [4.69, 9.17) is 11.6 Å². The second-order valence-electron chi connectivity index (χ2n) is 4.79. The molecule has 19 heavy (non-hydrogen) atoms. The highest BCUT2D eigenvalue weighted by Gasteiger charge is 2.11. The quantitative estimate of drug-likeness (QED) is 0.904. The molecule has 0 aliphatic carbocycles. The first-order chi connectivity index (χ1) is 9.20. The molecule has 0 aliphatic heterocycles. The van der Waals surface area contributed by atoms with Crippen molar-refractivity contribution >= 4 is 11.6 Å². The van der Waals surface area contributed by atoms with Gasteiger partial charge in [-0.05, 0) is 49.6 Å². The minimum atomic E-state index is 0.376. The fraction of sp³-hybridized carbons (Fsp3) is 0.312. The summed E-state index contributed by atoms with van der Waals surface area (Å²) in [4.78, 5) is 4.02. The Balaban J connectivity index is 2.09. The third-order valence-corrected chi connectivity index (χ3v) is 3.80. The Bertz CT molecular complexity index is 492. The van der Waals surface area contributed by atoms with Crippen molar-refractivity contribution in [3.05, 3.63) is 64.4 Å².